The van der Waals surface area contributed by atoms with Crippen molar-refractivity contribution in [3.05, 3.63) is 84.0 Å². The minimum absolute atomic E-state index is 0.651. The molecule has 3 heterocycles. The van der Waals surface area contributed by atoms with Crippen LogP contribution < -0.4 is 0 Å². The number of thioether (sulfide) groups is 1. The van der Waals surface area contributed by atoms with Crippen LogP contribution in [0.3, 0.4) is 0 Å². The van der Waals surface area contributed by atoms with E-state index in [-0.39, 0.29) is 0 Å². The summed E-state index contributed by atoms with van der Waals surface area (Å²) in [5.74, 6) is 2.37. The Balaban J connectivity index is 1.33. The zero-order valence-corrected chi connectivity index (χ0v) is 18.9. The maximum absolute atomic E-state index is 5.70. The SMILES string of the molecule is c1ccc(Cn2c(CN3CCCCC3)nnc2SCc2coc(-c3ccccc3)n2)cc1. The van der Waals surface area contributed by atoms with Gasteiger partial charge in [0.15, 0.2) is 5.16 Å². The molecule has 0 atom stereocenters. The topological polar surface area (TPSA) is 60.0 Å². The highest BCUT2D eigenvalue weighted by Gasteiger charge is 2.18. The molecule has 0 amide bonds. The Morgan fingerprint density at radius 3 is 2.38 bits per heavy atom. The van der Waals surface area contributed by atoms with Gasteiger partial charge in [-0.2, -0.15) is 0 Å². The van der Waals surface area contributed by atoms with Crippen molar-refractivity contribution in [1.82, 2.24) is 24.6 Å². The second kappa shape index (κ2) is 10.1. The third kappa shape index (κ3) is 5.11. The lowest BCUT2D eigenvalue weighted by Gasteiger charge is -2.26. The van der Waals surface area contributed by atoms with Gasteiger partial charge in [0, 0.05) is 11.3 Å². The van der Waals surface area contributed by atoms with E-state index in [0.29, 0.717) is 11.6 Å². The molecule has 1 saturated heterocycles. The van der Waals surface area contributed by atoms with Gasteiger partial charge in [0.25, 0.3) is 0 Å². The third-order valence-electron chi connectivity index (χ3n) is 5.71. The van der Waals surface area contributed by atoms with Gasteiger partial charge in [-0.15, -0.1) is 10.2 Å². The number of nitrogens with zero attached hydrogens (tertiary/aromatic N) is 5. The lowest BCUT2D eigenvalue weighted by molar-refractivity contribution is 0.213. The summed E-state index contributed by atoms with van der Waals surface area (Å²) in [6.45, 7) is 3.90. The van der Waals surface area contributed by atoms with Gasteiger partial charge < -0.3 is 8.98 Å². The van der Waals surface area contributed by atoms with Crippen LogP contribution in [0, 0.1) is 0 Å². The first-order chi connectivity index (χ1) is 15.8. The molecule has 1 aliphatic heterocycles. The number of benzene rings is 2. The van der Waals surface area contributed by atoms with Gasteiger partial charge in [0.2, 0.25) is 5.89 Å². The summed E-state index contributed by atoms with van der Waals surface area (Å²) >= 11 is 1.66. The van der Waals surface area contributed by atoms with Gasteiger partial charge >= 0.3 is 0 Å². The second-order valence-corrected chi connectivity index (χ2v) is 9.05. The summed E-state index contributed by atoms with van der Waals surface area (Å²) in [7, 11) is 0. The van der Waals surface area contributed by atoms with Crippen molar-refractivity contribution < 1.29 is 4.42 Å². The van der Waals surface area contributed by atoms with E-state index in [1.807, 2.05) is 30.3 Å². The highest BCUT2D eigenvalue weighted by molar-refractivity contribution is 7.98. The number of hydrogen-bond donors (Lipinski definition) is 0. The summed E-state index contributed by atoms with van der Waals surface area (Å²) in [5, 5.41) is 10.0. The van der Waals surface area contributed by atoms with Gasteiger partial charge in [-0.25, -0.2) is 4.98 Å². The molecule has 2 aromatic carbocycles. The molecule has 1 aliphatic rings. The van der Waals surface area contributed by atoms with E-state index in [2.05, 4.69) is 55.0 Å². The third-order valence-corrected chi connectivity index (χ3v) is 6.71. The Kier molecular flexibility index (Phi) is 6.65. The lowest BCUT2D eigenvalue weighted by atomic mass is 10.1. The summed E-state index contributed by atoms with van der Waals surface area (Å²) in [5.41, 5.74) is 3.14. The molecule has 4 aromatic rings. The van der Waals surface area contributed by atoms with E-state index in [1.165, 1.54) is 24.8 Å². The molecule has 0 saturated carbocycles. The molecule has 0 bridgehead atoms. The minimum Gasteiger partial charge on any atom is -0.444 e. The van der Waals surface area contributed by atoms with Crippen molar-refractivity contribution in [1.29, 1.82) is 0 Å². The molecular weight excluding hydrogens is 418 g/mol. The predicted molar refractivity (Wildman–Crippen MR) is 126 cm³/mol. The van der Waals surface area contributed by atoms with Crippen LogP contribution in [-0.2, 0) is 18.8 Å². The fraction of sp³-hybridized carbons (Fsp3) is 0.320. The maximum Gasteiger partial charge on any atom is 0.226 e. The molecule has 0 radical (unpaired) electrons. The first kappa shape index (κ1) is 21.0. The van der Waals surface area contributed by atoms with Crippen LogP contribution in [0.2, 0.25) is 0 Å². The molecule has 6 nitrogen and oxygen atoms in total. The minimum atomic E-state index is 0.651. The van der Waals surface area contributed by atoms with E-state index < -0.39 is 0 Å². The molecule has 7 heteroatoms. The summed E-state index contributed by atoms with van der Waals surface area (Å²) in [4.78, 5) is 7.15. The normalized spacial score (nSPS) is 14.6. The number of oxazole rings is 1. The van der Waals surface area contributed by atoms with E-state index in [9.17, 15) is 0 Å². The first-order valence-corrected chi connectivity index (χ1v) is 12.1. The average Bonchev–Trinajstić information content (AvgIpc) is 3.47. The highest BCUT2D eigenvalue weighted by Crippen LogP contribution is 2.26. The summed E-state index contributed by atoms with van der Waals surface area (Å²) in [6, 6.07) is 20.5. The van der Waals surface area contributed by atoms with Crippen LogP contribution in [-0.4, -0.2) is 37.7 Å². The smallest absolute Gasteiger partial charge is 0.226 e. The Labute approximate surface area is 192 Å². The van der Waals surface area contributed by atoms with E-state index in [0.717, 1.165) is 48.4 Å². The molecule has 2 aromatic heterocycles. The molecule has 0 spiro atoms. The number of rotatable bonds is 8. The fourth-order valence-electron chi connectivity index (χ4n) is 4.01. The van der Waals surface area contributed by atoms with Crippen LogP contribution in [0.25, 0.3) is 11.5 Å². The highest BCUT2D eigenvalue weighted by atomic mass is 32.2. The second-order valence-electron chi connectivity index (χ2n) is 8.11. The number of likely N-dealkylation sites (tertiary alicyclic amines) is 1. The number of aromatic nitrogens is 4. The zero-order chi connectivity index (χ0) is 21.6. The maximum atomic E-state index is 5.70. The van der Waals surface area contributed by atoms with Crippen LogP contribution in [0.4, 0.5) is 0 Å². The van der Waals surface area contributed by atoms with Crippen LogP contribution >= 0.6 is 11.8 Å². The van der Waals surface area contributed by atoms with Crippen molar-refractivity contribution >= 4 is 11.8 Å². The van der Waals surface area contributed by atoms with E-state index >= 15 is 0 Å². The Morgan fingerprint density at radius 2 is 1.59 bits per heavy atom. The van der Waals surface area contributed by atoms with Gasteiger partial charge in [-0.1, -0.05) is 66.7 Å². The molecular formula is C25H27N5OS. The quantitative estimate of drug-likeness (QED) is 0.345. The van der Waals surface area contributed by atoms with E-state index in [1.54, 1.807) is 18.0 Å². The Bertz CT molecular complexity index is 1120. The summed E-state index contributed by atoms with van der Waals surface area (Å²) < 4.78 is 7.95. The van der Waals surface area contributed by atoms with Gasteiger partial charge in [0.05, 0.1) is 18.8 Å². The van der Waals surface area contributed by atoms with Gasteiger partial charge in [0.1, 0.15) is 12.1 Å². The van der Waals surface area contributed by atoms with Crippen molar-refractivity contribution in [3.63, 3.8) is 0 Å². The van der Waals surface area contributed by atoms with Crippen LogP contribution in [0.1, 0.15) is 36.3 Å². The van der Waals surface area contributed by atoms with Crippen molar-refractivity contribution in [3.8, 4) is 11.5 Å². The van der Waals surface area contributed by atoms with Crippen molar-refractivity contribution in [2.24, 2.45) is 0 Å². The molecule has 0 unspecified atom stereocenters. The van der Waals surface area contributed by atoms with Gasteiger partial charge in [-0.05, 0) is 43.6 Å². The van der Waals surface area contributed by atoms with Crippen molar-refractivity contribution in [2.45, 2.75) is 43.3 Å². The monoisotopic (exact) mass is 445 g/mol. The Morgan fingerprint density at radius 1 is 0.844 bits per heavy atom. The van der Waals surface area contributed by atoms with Crippen LogP contribution in [0.15, 0.2) is 76.5 Å². The zero-order valence-electron chi connectivity index (χ0n) is 18.1. The van der Waals surface area contributed by atoms with E-state index in [4.69, 9.17) is 4.42 Å². The van der Waals surface area contributed by atoms with Crippen molar-refractivity contribution in [2.75, 3.05) is 13.1 Å². The summed E-state index contributed by atoms with van der Waals surface area (Å²) in [6.07, 6.45) is 5.60. The van der Waals surface area contributed by atoms with Gasteiger partial charge in [-0.3, -0.25) is 4.90 Å². The number of piperidine rings is 1. The largest absolute Gasteiger partial charge is 0.444 e. The fourth-order valence-corrected chi connectivity index (χ4v) is 4.84. The lowest BCUT2D eigenvalue weighted by Crippen LogP contribution is -2.30. The number of hydrogen-bond acceptors (Lipinski definition) is 6. The Hall–Kier alpha value is -2.90. The molecule has 5 rings (SSSR count). The molecule has 164 valence electrons. The molecule has 1 fully saturated rings. The molecule has 0 N–H and O–H groups in total. The average molecular weight is 446 g/mol. The predicted octanol–water partition coefficient (Wildman–Crippen LogP) is 5.26. The van der Waals surface area contributed by atoms with Crippen LogP contribution in [0.5, 0.6) is 0 Å². The first-order valence-electron chi connectivity index (χ1n) is 11.2. The molecule has 0 aliphatic carbocycles. The molecule has 32 heavy (non-hydrogen) atoms. The standard InChI is InChI=1S/C25H27N5OS/c1-4-10-20(11-5-1)16-30-23(17-29-14-8-3-9-15-29)27-28-25(30)32-19-22-18-31-24(26-22)21-12-6-2-7-13-21/h1-2,4-7,10-13,18H,3,8-9,14-17,19H2.